The summed E-state index contributed by atoms with van der Waals surface area (Å²) in [7, 11) is 0. The average molecular weight is 199 g/mol. The van der Waals surface area contributed by atoms with Gasteiger partial charge in [0.25, 0.3) is 0 Å². The molecule has 1 aliphatic heterocycles. The number of amides is 1. The molecule has 1 N–H and O–H groups in total. The molecule has 14 heavy (non-hydrogen) atoms. The lowest BCUT2D eigenvalue weighted by molar-refractivity contribution is -0.137. The van der Waals surface area contributed by atoms with E-state index >= 15 is 0 Å². The van der Waals surface area contributed by atoms with Crippen molar-refractivity contribution in [3.05, 3.63) is 0 Å². The molecule has 0 spiro atoms. The predicted octanol–water partition coefficient (Wildman–Crippen LogP) is 0.966. The highest BCUT2D eigenvalue weighted by atomic mass is 16.4. The smallest absolute Gasteiger partial charge is 0.303 e. The number of rotatable bonds is 3. The van der Waals surface area contributed by atoms with E-state index in [1.54, 1.807) is 11.8 Å². The van der Waals surface area contributed by atoms with Gasteiger partial charge >= 0.3 is 5.97 Å². The molecule has 1 aliphatic rings. The summed E-state index contributed by atoms with van der Waals surface area (Å²) in [6, 6.07) is 0. The Morgan fingerprint density at radius 1 is 1.43 bits per heavy atom. The van der Waals surface area contributed by atoms with Crippen molar-refractivity contribution in [2.75, 3.05) is 13.1 Å². The van der Waals surface area contributed by atoms with E-state index in [0.717, 1.165) is 13.1 Å². The van der Waals surface area contributed by atoms with Gasteiger partial charge in [0, 0.05) is 26.4 Å². The monoisotopic (exact) mass is 199 g/mol. The minimum absolute atomic E-state index is 0.0923. The number of carboxylic acids is 1. The fourth-order valence-electron chi connectivity index (χ4n) is 1.98. The molecule has 4 nitrogen and oxygen atoms in total. The number of hydrogen-bond donors (Lipinski definition) is 1. The number of hydrogen-bond acceptors (Lipinski definition) is 2. The second kappa shape index (κ2) is 4.44. The third-order valence-electron chi connectivity index (χ3n) is 2.94. The molecule has 0 aromatic heterocycles. The van der Waals surface area contributed by atoms with Crippen molar-refractivity contribution in [3.8, 4) is 0 Å². The maximum Gasteiger partial charge on any atom is 0.303 e. The molecular weight excluding hydrogens is 182 g/mol. The minimum atomic E-state index is -0.751. The molecule has 2 atom stereocenters. The van der Waals surface area contributed by atoms with Crippen LogP contribution in [0.5, 0.6) is 0 Å². The van der Waals surface area contributed by atoms with Crippen LogP contribution in [0.4, 0.5) is 0 Å². The van der Waals surface area contributed by atoms with Crippen LogP contribution in [0.2, 0.25) is 0 Å². The highest BCUT2D eigenvalue weighted by Gasteiger charge is 2.30. The van der Waals surface area contributed by atoms with Crippen LogP contribution in [-0.4, -0.2) is 35.0 Å². The molecule has 1 amide bonds. The number of aliphatic carboxylic acids is 1. The van der Waals surface area contributed by atoms with Crippen LogP contribution in [0.3, 0.4) is 0 Å². The van der Waals surface area contributed by atoms with Gasteiger partial charge in [0.1, 0.15) is 0 Å². The van der Waals surface area contributed by atoms with Crippen molar-refractivity contribution in [3.63, 3.8) is 0 Å². The van der Waals surface area contributed by atoms with E-state index in [1.165, 1.54) is 0 Å². The van der Waals surface area contributed by atoms with Gasteiger partial charge in [-0.1, -0.05) is 6.92 Å². The Morgan fingerprint density at radius 2 is 2.07 bits per heavy atom. The third kappa shape index (κ3) is 2.72. The standard InChI is InChI=1S/C10H17NO3/c1-7-5-11(8(2)12)6-9(7)3-4-10(13)14/h7,9H,3-6H2,1-2H3,(H,13,14). The molecule has 0 aromatic carbocycles. The van der Waals surface area contributed by atoms with Crippen molar-refractivity contribution in [2.45, 2.75) is 26.7 Å². The first-order valence-electron chi connectivity index (χ1n) is 4.98. The highest BCUT2D eigenvalue weighted by Crippen LogP contribution is 2.26. The molecule has 1 saturated heterocycles. The lowest BCUT2D eigenvalue weighted by Gasteiger charge is -2.13. The lowest BCUT2D eigenvalue weighted by atomic mass is 9.93. The van der Waals surface area contributed by atoms with Crippen LogP contribution >= 0.6 is 0 Å². The summed E-state index contributed by atoms with van der Waals surface area (Å²) in [5.41, 5.74) is 0. The van der Waals surface area contributed by atoms with E-state index in [1.807, 2.05) is 0 Å². The van der Waals surface area contributed by atoms with Crippen LogP contribution in [-0.2, 0) is 9.59 Å². The van der Waals surface area contributed by atoms with Gasteiger partial charge in [-0.05, 0) is 18.3 Å². The maximum absolute atomic E-state index is 11.1. The van der Waals surface area contributed by atoms with E-state index in [-0.39, 0.29) is 12.3 Å². The first-order valence-corrected chi connectivity index (χ1v) is 4.98. The highest BCUT2D eigenvalue weighted by molar-refractivity contribution is 5.73. The summed E-state index contributed by atoms with van der Waals surface area (Å²) in [5, 5.41) is 8.55. The molecule has 0 radical (unpaired) electrons. The van der Waals surface area contributed by atoms with E-state index < -0.39 is 5.97 Å². The van der Waals surface area contributed by atoms with E-state index in [2.05, 4.69) is 6.92 Å². The summed E-state index contributed by atoms with van der Waals surface area (Å²) in [5.74, 6) is 0.126. The molecule has 0 aliphatic carbocycles. The topological polar surface area (TPSA) is 57.6 Å². The van der Waals surface area contributed by atoms with Crippen LogP contribution in [0.15, 0.2) is 0 Å². The van der Waals surface area contributed by atoms with Crippen LogP contribution in [0.25, 0.3) is 0 Å². The van der Waals surface area contributed by atoms with E-state index in [0.29, 0.717) is 18.3 Å². The van der Waals surface area contributed by atoms with Gasteiger partial charge in [0.05, 0.1) is 0 Å². The van der Waals surface area contributed by atoms with Crippen molar-refractivity contribution >= 4 is 11.9 Å². The van der Waals surface area contributed by atoms with Gasteiger partial charge in [-0.15, -0.1) is 0 Å². The van der Waals surface area contributed by atoms with Gasteiger partial charge in [-0.3, -0.25) is 9.59 Å². The normalized spacial score (nSPS) is 26.6. The quantitative estimate of drug-likeness (QED) is 0.736. The zero-order valence-corrected chi connectivity index (χ0v) is 8.69. The first kappa shape index (κ1) is 11.0. The van der Waals surface area contributed by atoms with Gasteiger partial charge in [-0.25, -0.2) is 0 Å². The Morgan fingerprint density at radius 3 is 2.50 bits per heavy atom. The SMILES string of the molecule is CC(=O)N1CC(C)C(CCC(=O)O)C1. The molecule has 1 heterocycles. The first-order chi connectivity index (χ1) is 6.50. The molecule has 1 rings (SSSR count). The largest absolute Gasteiger partial charge is 0.481 e. The number of nitrogens with zero attached hydrogens (tertiary/aromatic N) is 1. The lowest BCUT2D eigenvalue weighted by Crippen LogP contribution is -2.26. The molecule has 0 saturated carbocycles. The summed E-state index contributed by atoms with van der Waals surface area (Å²) < 4.78 is 0. The van der Waals surface area contributed by atoms with Gasteiger partial charge in [-0.2, -0.15) is 0 Å². The number of carbonyl (C=O) groups excluding carboxylic acids is 1. The van der Waals surface area contributed by atoms with Crippen molar-refractivity contribution in [1.82, 2.24) is 4.90 Å². The summed E-state index contributed by atoms with van der Waals surface area (Å²) in [4.78, 5) is 23.3. The second-order valence-corrected chi connectivity index (χ2v) is 4.09. The van der Waals surface area contributed by atoms with Gasteiger partial charge < -0.3 is 10.0 Å². The zero-order valence-electron chi connectivity index (χ0n) is 8.69. The Balaban J connectivity index is 2.40. The van der Waals surface area contributed by atoms with Crippen molar-refractivity contribution in [1.29, 1.82) is 0 Å². The molecule has 0 aromatic rings. The second-order valence-electron chi connectivity index (χ2n) is 4.09. The Bertz CT molecular complexity index is 240. The van der Waals surface area contributed by atoms with Crippen LogP contribution in [0.1, 0.15) is 26.7 Å². The summed E-state index contributed by atoms with van der Waals surface area (Å²) >= 11 is 0. The van der Waals surface area contributed by atoms with Crippen molar-refractivity contribution in [2.24, 2.45) is 11.8 Å². The Hall–Kier alpha value is -1.06. The summed E-state index contributed by atoms with van der Waals surface area (Å²) in [6.07, 6.45) is 0.890. The van der Waals surface area contributed by atoms with E-state index in [9.17, 15) is 9.59 Å². The molecule has 0 bridgehead atoms. The fourth-order valence-corrected chi connectivity index (χ4v) is 1.98. The van der Waals surface area contributed by atoms with Crippen molar-refractivity contribution < 1.29 is 14.7 Å². The molecule has 80 valence electrons. The number of carbonyl (C=O) groups is 2. The van der Waals surface area contributed by atoms with Crippen LogP contribution < -0.4 is 0 Å². The Kier molecular flexibility index (Phi) is 3.49. The molecule has 1 fully saturated rings. The molecule has 4 heteroatoms. The Labute approximate surface area is 83.9 Å². The number of likely N-dealkylation sites (tertiary alicyclic amines) is 1. The fraction of sp³-hybridized carbons (Fsp3) is 0.800. The average Bonchev–Trinajstić information content (AvgIpc) is 2.43. The van der Waals surface area contributed by atoms with Gasteiger partial charge in [0.2, 0.25) is 5.91 Å². The predicted molar refractivity (Wildman–Crippen MR) is 51.8 cm³/mol. The maximum atomic E-state index is 11.1. The van der Waals surface area contributed by atoms with Gasteiger partial charge in [0.15, 0.2) is 0 Å². The molecular formula is C10H17NO3. The minimum Gasteiger partial charge on any atom is -0.481 e. The molecule has 2 unspecified atom stereocenters. The zero-order chi connectivity index (χ0) is 10.7. The van der Waals surface area contributed by atoms with E-state index in [4.69, 9.17) is 5.11 Å². The number of carboxylic acid groups (broad SMARTS) is 1. The van der Waals surface area contributed by atoms with Crippen LogP contribution in [0, 0.1) is 11.8 Å². The third-order valence-corrected chi connectivity index (χ3v) is 2.94. The summed E-state index contributed by atoms with van der Waals surface area (Å²) in [6.45, 7) is 5.14.